The van der Waals surface area contributed by atoms with Crippen LogP contribution in [0.2, 0.25) is 0 Å². The summed E-state index contributed by atoms with van der Waals surface area (Å²) < 4.78 is 33.9. The van der Waals surface area contributed by atoms with Gasteiger partial charge in [0, 0.05) is 28.1 Å². The number of carbonyl (C=O) groups is 2. The van der Waals surface area contributed by atoms with Crippen molar-refractivity contribution >= 4 is 44.6 Å². The van der Waals surface area contributed by atoms with Gasteiger partial charge in [-0.2, -0.15) is 8.42 Å². The molecule has 0 unspecified atom stereocenters. The van der Waals surface area contributed by atoms with E-state index in [2.05, 4.69) is 10.3 Å². The first-order valence-corrected chi connectivity index (χ1v) is 10.5. The summed E-state index contributed by atoms with van der Waals surface area (Å²) in [6.45, 7) is 5.53. The number of para-hydroxylation sites is 1. The van der Waals surface area contributed by atoms with Gasteiger partial charge < -0.3 is 19.8 Å². The summed E-state index contributed by atoms with van der Waals surface area (Å²) in [6.07, 6.45) is 1.52. The highest BCUT2D eigenvalue weighted by molar-refractivity contribution is 7.74. The summed E-state index contributed by atoms with van der Waals surface area (Å²) in [5, 5.41) is 2.88. The Morgan fingerprint density at radius 2 is 1.80 bits per heavy atom. The molecule has 0 aliphatic carbocycles. The van der Waals surface area contributed by atoms with Crippen molar-refractivity contribution in [3.8, 4) is 0 Å². The van der Waals surface area contributed by atoms with E-state index in [1.165, 1.54) is 0 Å². The molecule has 2 aromatic rings. The van der Waals surface area contributed by atoms with Crippen molar-refractivity contribution in [2.24, 2.45) is 0 Å². The zero-order valence-electron chi connectivity index (χ0n) is 16.9. The largest absolute Gasteiger partial charge is 0.466 e. The zero-order chi connectivity index (χ0) is 21.8. The Hall–Kier alpha value is -3.33. The maximum absolute atomic E-state index is 12.5. The zero-order valence-corrected chi connectivity index (χ0v) is 17.7. The monoisotopic (exact) mass is 430 g/mol. The van der Waals surface area contributed by atoms with Crippen molar-refractivity contribution in [2.45, 2.75) is 27.2 Å². The lowest BCUT2D eigenvalue weighted by Crippen LogP contribution is -2.11. The van der Waals surface area contributed by atoms with Gasteiger partial charge >= 0.3 is 11.9 Å². The highest BCUT2D eigenvalue weighted by Crippen LogP contribution is 2.35. The molecule has 8 nitrogen and oxygen atoms in total. The fourth-order valence-corrected chi connectivity index (χ4v) is 3.89. The van der Waals surface area contributed by atoms with Crippen LogP contribution in [0, 0.1) is 6.92 Å². The Bertz CT molecular complexity index is 1170. The summed E-state index contributed by atoms with van der Waals surface area (Å²) >= 11 is 0. The maximum Gasteiger partial charge on any atom is 0.355 e. The van der Waals surface area contributed by atoms with Crippen molar-refractivity contribution in [3.63, 3.8) is 0 Å². The molecule has 0 amide bonds. The molecule has 9 heteroatoms. The minimum atomic E-state index is -2.54. The van der Waals surface area contributed by atoms with Crippen LogP contribution in [0.5, 0.6) is 0 Å². The van der Waals surface area contributed by atoms with Gasteiger partial charge in [0.2, 0.25) is 10.3 Å². The number of ether oxygens (including phenoxy) is 2. The van der Waals surface area contributed by atoms with Crippen LogP contribution >= 0.6 is 0 Å². The molecule has 0 spiro atoms. The molecule has 0 atom stereocenters. The SMILES string of the molecule is CCOC(=O)Cc1c(C)[nH]c(C(=O)OCC)c1C=C1C(=S(=O)=O)Nc2ccccc21. The van der Waals surface area contributed by atoms with Crippen molar-refractivity contribution in [1.82, 2.24) is 4.98 Å². The molecule has 0 saturated heterocycles. The van der Waals surface area contributed by atoms with E-state index in [9.17, 15) is 18.0 Å². The molecule has 3 rings (SSSR count). The highest BCUT2D eigenvalue weighted by atomic mass is 32.2. The third-order valence-corrected chi connectivity index (χ3v) is 5.29. The lowest BCUT2D eigenvalue weighted by molar-refractivity contribution is -0.142. The van der Waals surface area contributed by atoms with Gasteiger partial charge in [0.05, 0.1) is 19.6 Å². The molecule has 1 aromatic heterocycles. The van der Waals surface area contributed by atoms with Gasteiger partial charge in [-0.3, -0.25) is 4.79 Å². The average molecular weight is 430 g/mol. The first-order chi connectivity index (χ1) is 14.4. The minimum absolute atomic E-state index is 0.00746. The van der Waals surface area contributed by atoms with Crippen LogP contribution in [0.4, 0.5) is 5.69 Å². The van der Waals surface area contributed by atoms with Crippen LogP contribution in [-0.2, 0) is 31.0 Å². The predicted octanol–water partition coefficient (Wildman–Crippen LogP) is 2.58. The normalized spacial score (nSPS) is 13.7. The second-order valence-electron chi connectivity index (χ2n) is 6.51. The van der Waals surface area contributed by atoms with E-state index in [-0.39, 0.29) is 30.3 Å². The molecule has 0 fully saturated rings. The molecule has 1 aromatic carbocycles. The number of esters is 2. The van der Waals surface area contributed by atoms with Gasteiger partial charge in [-0.15, -0.1) is 0 Å². The fourth-order valence-electron chi connectivity index (χ4n) is 3.35. The van der Waals surface area contributed by atoms with Crippen LogP contribution in [0.25, 0.3) is 11.6 Å². The van der Waals surface area contributed by atoms with Gasteiger partial charge in [-0.1, -0.05) is 18.2 Å². The summed E-state index contributed by atoms with van der Waals surface area (Å²) in [5.74, 6) is -1.04. The number of aromatic nitrogens is 1. The molecule has 0 bridgehead atoms. The van der Waals surface area contributed by atoms with E-state index in [4.69, 9.17) is 9.47 Å². The molecular weight excluding hydrogens is 408 g/mol. The van der Waals surface area contributed by atoms with Crippen LogP contribution in [-0.4, -0.2) is 43.5 Å². The number of aromatic amines is 1. The number of aryl methyl sites for hydroxylation is 1. The topological polar surface area (TPSA) is 115 Å². The Morgan fingerprint density at radius 3 is 2.47 bits per heavy atom. The minimum Gasteiger partial charge on any atom is -0.466 e. The number of benzene rings is 1. The number of hydrogen-bond acceptors (Lipinski definition) is 6. The van der Waals surface area contributed by atoms with Gasteiger partial charge in [-0.25, -0.2) is 4.79 Å². The van der Waals surface area contributed by atoms with E-state index >= 15 is 0 Å². The second kappa shape index (κ2) is 9.00. The Morgan fingerprint density at radius 1 is 1.10 bits per heavy atom. The number of nitrogens with one attached hydrogen (secondary N) is 2. The van der Waals surface area contributed by atoms with E-state index in [0.29, 0.717) is 33.6 Å². The van der Waals surface area contributed by atoms with Gasteiger partial charge in [0.25, 0.3) is 0 Å². The van der Waals surface area contributed by atoms with Gasteiger partial charge in [-0.05, 0) is 38.5 Å². The van der Waals surface area contributed by atoms with Gasteiger partial charge in [0.1, 0.15) is 5.69 Å². The van der Waals surface area contributed by atoms with E-state index in [1.54, 1.807) is 51.1 Å². The molecule has 0 radical (unpaired) electrons. The molecule has 30 heavy (non-hydrogen) atoms. The van der Waals surface area contributed by atoms with E-state index in [0.717, 1.165) is 0 Å². The summed E-state index contributed by atoms with van der Waals surface area (Å²) in [6, 6.07) is 7.12. The Balaban J connectivity index is 2.23. The first-order valence-electron chi connectivity index (χ1n) is 9.46. The molecule has 2 heterocycles. The van der Waals surface area contributed by atoms with E-state index in [1.807, 2.05) is 0 Å². The predicted molar refractivity (Wildman–Crippen MR) is 114 cm³/mol. The number of hydrogen-bond donors (Lipinski definition) is 2. The third-order valence-electron chi connectivity index (χ3n) is 4.63. The van der Waals surface area contributed by atoms with Crippen LogP contribution in [0.3, 0.4) is 0 Å². The molecule has 1 aliphatic heterocycles. The van der Waals surface area contributed by atoms with Crippen LogP contribution in [0.1, 0.15) is 46.7 Å². The Kier molecular flexibility index (Phi) is 6.41. The fraction of sp³-hybridized carbons (Fsp3) is 0.286. The van der Waals surface area contributed by atoms with Crippen molar-refractivity contribution in [2.75, 3.05) is 18.5 Å². The number of fused-ring (bicyclic) bond motifs is 1. The maximum atomic E-state index is 12.5. The van der Waals surface area contributed by atoms with Crippen molar-refractivity contribution < 1.29 is 27.5 Å². The average Bonchev–Trinajstić information content (AvgIpc) is 3.22. The van der Waals surface area contributed by atoms with Crippen molar-refractivity contribution in [3.05, 3.63) is 52.3 Å². The molecule has 0 saturated carbocycles. The lowest BCUT2D eigenvalue weighted by atomic mass is 9.99. The first kappa shape index (κ1) is 21.4. The molecule has 2 N–H and O–H groups in total. The lowest BCUT2D eigenvalue weighted by Gasteiger charge is -2.06. The van der Waals surface area contributed by atoms with Crippen molar-refractivity contribution in [1.29, 1.82) is 0 Å². The smallest absolute Gasteiger partial charge is 0.355 e. The number of H-pyrrole nitrogens is 1. The summed E-state index contributed by atoms with van der Waals surface area (Å²) in [5.41, 5.74) is 3.41. The van der Waals surface area contributed by atoms with Crippen LogP contribution in [0.15, 0.2) is 24.3 Å². The number of rotatable bonds is 6. The van der Waals surface area contributed by atoms with Crippen LogP contribution < -0.4 is 5.32 Å². The molecule has 158 valence electrons. The standard InChI is InChI=1S/C21H22N2O6S/c1-4-28-18(24)11-14-12(3)22-19(21(25)29-5-2)15(14)10-16-13-8-6-7-9-17(13)23-20(16)30(26)27/h6-10,22-23H,4-5,11H2,1-3H3. The number of anilines is 1. The van der Waals surface area contributed by atoms with E-state index < -0.39 is 22.2 Å². The van der Waals surface area contributed by atoms with Gasteiger partial charge in [0.15, 0.2) is 4.99 Å². The second-order valence-corrected chi connectivity index (χ2v) is 7.39. The third kappa shape index (κ3) is 4.16. The summed E-state index contributed by atoms with van der Waals surface area (Å²) in [7, 11) is -2.54. The molecule has 1 aliphatic rings. The Labute approximate surface area is 175 Å². The summed E-state index contributed by atoms with van der Waals surface area (Å²) in [4.78, 5) is 27.6. The quantitative estimate of drug-likeness (QED) is 0.411. The number of carbonyl (C=O) groups excluding carboxylic acids is 2. The highest BCUT2D eigenvalue weighted by Gasteiger charge is 2.27. The molecular formula is C21H22N2O6S.